The molecule has 0 spiro atoms. The maximum Gasteiger partial charge on any atom is 0.252 e. The van der Waals surface area contributed by atoms with Gasteiger partial charge < -0.3 is 19.9 Å². The maximum absolute atomic E-state index is 13.5. The van der Waals surface area contributed by atoms with Gasteiger partial charge in [-0.15, -0.1) is 6.58 Å². The molecule has 0 radical (unpaired) electrons. The van der Waals surface area contributed by atoms with Gasteiger partial charge in [-0.3, -0.25) is 4.79 Å². The number of carbonyl (C=O) groups is 1. The van der Waals surface area contributed by atoms with Crippen LogP contribution < -0.4 is 10.1 Å². The van der Waals surface area contributed by atoms with E-state index in [0.717, 1.165) is 28.4 Å². The zero-order valence-electron chi connectivity index (χ0n) is 17.8. The molecule has 168 valence electrons. The average molecular weight is 499 g/mol. The van der Waals surface area contributed by atoms with Crippen molar-refractivity contribution in [1.82, 2.24) is 5.32 Å². The highest BCUT2D eigenvalue weighted by Gasteiger charge is 2.53. The van der Waals surface area contributed by atoms with E-state index in [1.54, 1.807) is 6.08 Å². The molecule has 1 aliphatic heterocycles. The Morgan fingerprint density at radius 1 is 1.28 bits per heavy atom. The highest BCUT2D eigenvalue weighted by atomic mass is 79.9. The molecule has 2 aliphatic rings. The van der Waals surface area contributed by atoms with Gasteiger partial charge in [0.25, 0.3) is 5.91 Å². The van der Waals surface area contributed by atoms with E-state index in [1.165, 1.54) is 0 Å². The Hall–Kier alpha value is -2.64. The number of aliphatic hydroxyl groups excluding tert-OH is 1. The fourth-order valence-corrected chi connectivity index (χ4v) is 4.23. The summed E-state index contributed by atoms with van der Waals surface area (Å²) in [6.45, 7) is 4.43. The summed E-state index contributed by atoms with van der Waals surface area (Å²) in [5, 5.41) is 12.0. The summed E-state index contributed by atoms with van der Waals surface area (Å²) in [6, 6.07) is 15.4. The Morgan fingerprint density at radius 2 is 2.03 bits per heavy atom. The quantitative estimate of drug-likeness (QED) is 0.377. The van der Waals surface area contributed by atoms with E-state index in [-0.39, 0.29) is 18.6 Å². The monoisotopic (exact) mass is 498 g/mol. The second kappa shape index (κ2) is 9.88. The van der Waals surface area contributed by atoms with Crippen LogP contribution in [-0.2, 0) is 9.53 Å². The van der Waals surface area contributed by atoms with E-state index in [9.17, 15) is 4.79 Å². The molecule has 1 aliphatic carbocycles. The number of aliphatic hydroxyl groups is 1. The standard InChI is InChI=1S/C25H27BrN2O4/c1-2-14-25(24(30)27-18-10-11-18)22(20-6-3-4-7-21(20)26)32-23(28-25)17-8-12-19(13-9-17)31-16-5-15-29/h2-4,6-9,12-13,18,22,29H,1,5,10-11,14-16H2,(H,27,30)/t22-,25-/m1/s1. The highest BCUT2D eigenvalue weighted by Crippen LogP contribution is 2.45. The van der Waals surface area contributed by atoms with E-state index in [0.29, 0.717) is 31.1 Å². The minimum atomic E-state index is -1.14. The molecule has 2 atom stereocenters. The van der Waals surface area contributed by atoms with Crippen molar-refractivity contribution in [3.05, 3.63) is 76.8 Å². The number of halogens is 1. The fourth-order valence-electron chi connectivity index (χ4n) is 3.74. The lowest BCUT2D eigenvalue weighted by Crippen LogP contribution is -2.48. The Kier molecular flexibility index (Phi) is 6.96. The molecular weight excluding hydrogens is 472 g/mol. The van der Waals surface area contributed by atoms with Crippen LogP contribution in [0, 0.1) is 0 Å². The molecule has 1 heterocycles. The molecular formula is C25H27BrN2O4. The lowest BCUT2D eigenvalue weighted by atomic mass is 9.84. The minimum absolute atomic E-state index is 0.0907. The zero-order chi connectivity index (χ0) is 22.6. The number of benzene rings is 2. The predicted octanol–water partition coefficient (Wildman–Crippen LogP) is 4.32. The van der Waals surface area contributed by atoms with Crippen LogP contribution in [0.1, 0.15) is 42.9 Å². The molecule has 6 nitrogen and oxygen atoms in total. The summed E-state index contributed by atoms with van der Waals surface area (Å²) >= 11 is 3.61. The average Bonchev–Trinajstić information content (AvgIpc) is 3.53. The van der Waals surface area contributed by atoms with Crippen molar-refractivity contribution in [2.45, 2.75) is 43.4 Å². The first-order valence-corrected chi connectivity index (χ1v) is 11.6. The Morgan fingerprint density at radius 3 is 2.69 bits per heavy atom. The van der Waals surface area contributed by atoms with Crippen LogP contribution in [0.5, 0.6) is 5.75 Å². The van der Waals surface area contributed by atoms with Crippen molar-refractivity contribution in [1.29, 1.82) is 0 Å². The number of nitrogens with zero attached hydrogens (tertiary/aromatic N) is 1. The zero-order valence-corrected chi connectivity index (χ0v) is 19.4. The van der Waals surface area contributed by atoms with Gasteiger partial charge in [0.1, 0.15) is 5.75 Å². The van der Waals surface area contributed by atoms with Gasteiger partial charge in [0.05, 0.1) is 6.61 Å². The van der Waals surface area contributed by atoms with Crippen LogP contribution >= 0.6 is 15.9 Å². The van der Waals surface area contributed by atoms with Gasteiger partial charge in [0, 0.05) is 41.1 Å². The van der Waals surface area contributed by atoms with Gasteiger partial charge in [-0.1, -0.05) is 40.2 Å². The third kappa shape index (κ3) is 4.74. The van der Waals surface area contributed by atoms with Gasteiger partial charge >= 0.3 is 0 Å². The number of hydrogen-bond donors (Lipinski definition) is 2. The van der Waals surface area contributed by atoms with Crippen molar-refractivity contribution < 1.29 is 19.4 Å². The van der Waals surface area contributed by atoms with E-state index >= 15 is 0 Å². The minimum Gasteiger partial charge on any atom is -0.494 e. The molecule has 0 bridgehead atoms. The van der Waals surface area contributed by atoms with Gasteiger partial charge in [-0.25, -0.2) is 4.99 Å². The smallest absolute Gasteiger partial charge is 0.252 e. The second-order valence-electron chi connectivity index (χ2n) is 8.05. The normalized spacial score (nSPS) is 22.1. The first-order valence-electron chi connectivity index (χ1n) is 10.8. The number of aliphatic imine (C=N–C) groups is 1. The number of amides is 1. The van der Waals surface area contributed by atoms with Crippen molar-refractivity contribution in [2.24, 2.45) is 4.99 Å². The first kappa shape index (κ1) is 22.6. The van der Waals surface area contributed by atoms with Crippen molar-refractivity contribution in [2.75, 3.05) is 13.2 Å². The van der Waals surface area contributed by atoms with Crippen LogP contribution in [-0.4, -0.2) is 41.7 Å². The van der Waals surface area contributed by atoms with E-state index in [4.69, 9.17) is 19.6 Å². The van der Waals surface area contributed by atoms with E-state index in [1.807, 2.05) is 48.5 Å². The predicted molar refractivity (Wildman–Crippen MR) is 127 cm³/mol. The van der Waals surface area contributed by atoms with Gasteiger partial charge in [0.15, 0.2) is 11.6 Å². The topological polar surface area (TPSA) is 80.2 Å². The van der Waals surface area contributed by atoms with E-state index < -0.39 is 11.6 Å². The van der Waals surface area contributed by atoms with Crippen LogP contribution in [0.15, 0.2) is 70.7 Å². The number of hydrogen-bond acceptors (Lipinski definition) is 5. The fraction of sp³-hybridized carbons (Fsp3) is 0.360. The van der Waals surface area contributed by atoms with Gasteiger partial charge in [-0.2, -0.15) is 0 Å². The van der Waals surface area contributed by atoms with Crippen molar-refractivity contribution in [3.63, 3.8) is 0 Å². The molecule has 0 aromatic heterocycles. The molecule has 2 aromatic rings. The molecule has 0 unspecified atom stereocenters. The number of ether oxygens (including phenoxy) is 2. The van der Waals surface area contributed by atoms with Crippen LogP contribution in [0.4, 0.5) is 0 Å². The Bertz CT molecular complexity index is 1000. The lowest BCUT2D eigenvalue weighted by Gasteiger charge is -2.30. The van der Waals surface area contributed by atoms with Crippen molar-refractivity contribution >= 4 is 27.7 Å². The molecule has 1 fully saturated rings. The summed E-state index contributed by atoms with van der Waals surface area (Å²) in [5.74, 6) is 0.979. The van der Waals surface area contributed by atoms with Gasteiger partial charge in [-0.05, 0) is 43.2 Å². The number of rotatable bonds is 10. The molecule has 7 heteroatoms. The maximum atomic E-state index is 13.5. The molecule has 1 saturated carbocycles. The summed E-state index contributed by atoms with van der Waals surface area (Å²) in [6.07, 6.45) is 4.04. The van der Waals surface area contributed by atoms with Gasteiger partial charge in [0.2, 0.25) is 5.90 Å². The SMILES string of the molecule is C=CC[C@@]1(C(=O)NC2CC2)N=C(c2ccc(OCCCO)cc2)O[C@@H]1c1ccccc1Br. The third-order valence-electron chi connectivity index (χ3n) is 5.59. The Balaban J connectivity index is 1.68. The number of carbonyl (C=O) groups excluding carboxylic acids is 1. The first-order chi connectivity index (χ1) is 15.6. The molecule has 2 aromatic carbocycles. The second-order valence-corrected chi connectivity index (χ2v) is 8.91. The van der Waals surface area contributed by atoms with Crippen LogP contribution in [0.2, 0.25) is 0 Å². The van der Waals surface area contributed by atoms with Crippen molar-refractivity contribution in [3.8, 4) is 5.75 Å². The van der Waals surface area contributed by atoms with E-state index in [2.05, 4.69) is 27.8 Å². The highest BCUT2D eigenvalue weighted by molar-refractivity contribution is 9.10. The summed E-state index contributed by atoms with van der Waals surface area (Å²) in [5.41, 5.74) is 0.490. The molecule has 2 N–H and O–H groups in total. The summed E-state index contributed by atoms with van der Waals surface area (Å²) in [4.78, 5) is 18.4. The summed E-state index contributed by atoms with van der Waals surface area (Å²) in [7, 11) is 0. The number of nitrogens with one attached hydrogen (secondary N) is 1. The molecule has 0 saturated heterocycles. The molecule has 4 rings (SSSR count). The molecule has 32 heavy (non-hydrogen) atoms. The van der Waals surface area contributed by atoms with Crippen LogP contribution in [0.25, 0.3) is 0 Å². The lowest BCUT2D eigenvalue weighted by molar-refractivity contribution is -0.129. The molecule has 1 amide bonds. The largest absolute Gasteiger partial charge is 0.494 e. The van der Waals surface area contributed by atoms with Crippen LogP contribution in [0.3, 0.4) is 0 Å². The third-order valence-corrected chi connectivity index (χ3v) is 6.31. The summed E-state index contributed by atoms with van der Waals surface area (Å²) < 4.78 is 12.9. The Labute approximate surface area is 196 Å².